The summed E-state index contributed by atoms with van der Waals surface area (Å²) in [5, 5.41) is 7.03. The lowest BCUT2D eigenvalue weighted by atomic mass is 10.2. The Balaban J connectivity index is 1.58. The van der Waals surface area contributed by atoms with Crippen molar-refractivity contribution in [2.45, 2.75) is 20.4 Å². The van der Waals surface area contributed by atoms with Gasteiger partial charge in [0.1, 0.15) is 5.82 Å². The summed E-state index contributed by atoms with van der Waals surface area (Å²) in [5.74, 6) is 1.46. The minimum absolute atomic E-state index is 0.153. The largest absolute Gasteiger partial charge is 0.357 e. The van der Waals surface area contributed by atoms with Gasteiger partial charge in [-0.25, -0.2) is 14.6 Å². The smallest absolute Gasteiger partial charge is 0.253 e. The number of nitrogens with zero attached hydrogens (tertiary/aromatic N) is 5. The topological polar surface area (TPSA) is 75.9 Å². The number of rotatable bonds is 7. The number of nitrogens with one attached hydrogen (secondary N) is 1. The average Bonchev–Trinajstić information content (AvgIpc) is 3.23. The molecule has 3 heterocycles. The van der Waals surface area contributed by atoms with Crippen molar-refractivity contribution >= 4 is 11.7 Å². The quantitative estimate of drug-likeness (QED) is 0.708. The highest BCUT2D eigenvalue weighted by molar-refractivity contribution is 5.94. The molecule has 134 valence electrons. The van der Waals surface area contributed by atoms with Crippen LogP contribution in [-0.2, 0) is 6.54 Å². The maximum atomic E-state index is 12.3. The van der Waals surface area contributed by atoms with E-state index in [-0.39, 0.29) is 5.91 Å². The van der Waals surface area contributed by atoms with Crippen molar-refractivity contribution in [1.29, 1.82) is 0 Å². The first kappa shape index (κ1) is 17.6. The van der Waals surface area contributed by atoms with Gasteiger partial charge in [0.05, 0.1) is 5.56 Å². The summed E-state index contributed by atoms with van der Waals surface area (Å²) in [4.78, 5) is 23.2. The van der Waals surface area contributed by atoms with Gasteiger partial charge in [-0.15, -0.1) is 0 Å². The fourth-order valence-electron chi connectivity index (χ4n) is 2.60. The summed E-state index contributed by atoms with van der Waals surface area (Å²) in [6.07, 6.45) is 6.88. The van der Waals surface area contributed by atoms with Crippen LogP contribution in [0.4, 0.5) is 5.82 Å². The van der Waals surface area contributed by atoms with Gasteiger partial charge in [0.15, 0.2) is 5.82 Å². The predicted molar refractivity (Wildman–Crippen MR) is 100 cm³/mol. The average molecular weight is 350 g/mol. The van der Waals surface area contributed by atoms with E-state index in [0.717, 1.165) is 30.3 Å². The van der Waals surface area contributed by atoms with Crippen LogP contribution in [-0.4, -0.2) is 38.7 Å². The molecule has 0 bridgehead atoms. The predicted octanol–water partition coefficient (Wildman–Crippen LogP) is 2.44. The number of hydrogen-bond donors (Lipinski definition) is 1. The van der Waals surface area contributed by atoms with Gasteiger partial charge in [0.25, 0.3) is 5.91 Å². The van der Waals surface area contributed by atoms with E-state index in [1.807, 2.05) is 30.5 Å². The van der Waals surface area contributed by atoms with Crippen LogP contribution in [0.3, 0.4) is 0 Å². The Morgan fingerprint density at radius 3 is 2.54 bits per heavy atom. The molecule has 0 aliphatic rings. The molecule has 0 saturated carbocycles. The minimum atomic E-state index is -0.153. The van der Waals surface area contributed by atoms with Crippen molar-refractivity contribution in [3.8, 4) is 5.82 Å². The molecule has 7 nitrogen and oxygen atoms in total. The molecule has 0 aliphatic carbocycles. The summed E-state index contributed by atoms with van der Waals surface area (Å²) in [5.41, 5.74) is 1.46. The van der Waals surface area contributed by atoms with Gasteiger partial charge in [-0.1, -0.05) is 6.07 Å². The number of hydrogen-bond acceptors (Lipinski definition) is 5. The molecule has 0 radical (unpaired) electrons. The summed E-state index contributed by atoms with van der Waals surface area (Å²) in [6.45, 7) is 6.34. The van der Waals surface area contributed by atoms with Gasteiger partial charge >= 0.3 is 0 Å². The highest BCUT2D eigenvalue weighted by Crippen LogP contribution is 2.11. The molecule has 26 heavy (non-hydrogen) atoms. The fraction of sp³-hybridized carbons (Fsp3) is 0.263. The van der Waals surface area contributed by atoms with Crippen LogP contribution in [0.15, 0.2) is 55.1 Å². The Kier molecular flexibility index (Phi) is 5.58. The summed E-state index contributed by atoms with van der Waals surface area (Å²) in [6, 6.07) is 9.31. The van der Waals surface area contributed by atoms with Crippen molar-refractivity contribution in [2.75, 3.05) is 18.0 Å². The molecule has 1 amide bonds. The van der Waals surface area contributed by atoms with Gasteiger partial charge in [0, 0.05) is 44.4 Å². The van der Waals surface area contributed by atoms with Crippen molar-refractivity contribution in [2.24, 2.45) is 0 Å². The summed E-state index contributed by atoms with van der Waals surface area (Å²) < 4.78 is 1.69. The lowest BCUT2D eigenvalue weighted by Crippen LogP contribution is -2.25. The first-order valence-electron chi connectivity index (χ1n) is 8.65. The minimum Gasteiger partial charge on any atom is -0.357 e. The monoisotopic (exact) mass is 350 g/mol. The third-order valence-electron chi connectivity index (χ3n) is 4.10. The Bertz CT molecular complexity index is 823. The van der Waals surface area contributed by atoms with Crippen molar-refractivity contribution in [3.63, 3.8) is 0 Å². The van der Waals surface area contributed by atoms with Gasteiger partial charge < -0.3 is 10.2 Å². The third kappa shape index (κ3) is 4.05. The van der Waals surface area contributed by atoms with Crippen LogP contribution in [0.5, 0.6) is 0 Å². The second kappa shape index (κ2) is 8.24. The van der Waals surface area contributed by atoms with Gasteiger partial charge in [-0.3, -0.25) is 4.79 Å². The first-order valence-corrected chi connectivity index (χ1v) is 8.65. The molecule has 0 spiro atoms. The second-order valence-electron chi connectivity index (χ2n) is 5.74. The molecular formula is C19H22N6O. The number of carbonyl (C=O) groups excluding carboxylic acids is 1. The van der Waals surface area contributed by atoms with Crippen LogP contribution in [0.25, 0.3) is 5.82 Å². The van der Waals surface area contributed by atoms with Crippen LogP contribution >= 0.6 is 0 Å². The maximum absolute atomic E-state index is 12.3. The highest BCUT2D eigenvalue weighted by atomic mass is 16.1. The summed E-state index contributed by atoms with van der Waals surface area (Å²) >= 11 is 0. The molecule has 0 saturated heterocycles. The Morgan fingerprint density at radius 2 is 1.96 bits per heavy atom. The van der Waals surface area contributed by atoms with Crippen LogP contribution in [0, 0.1) is 0 Å². The molecule has 3 rings (SSSR count). The molecule has 0 atom stereocenters. The van der Waals surface area contributed by atoms with E-state index in [9.17, 15) is 4.79 Å². The second-order valence-corrected chi connectivity index (χ2v) is 5.74. The van der Waals surface area contributed by atoms with E-state index in [0.29, 0.717) is 12.1 Å². The normalized spacial score (nSPS) is 10.5. The number of pyridine rings is 2. The first-order chi connectivity index (χ1) is 12.7. The van der Waals surface area contributed by atoms with E-state index in [4.69, 9.17) is 0 Å². The number of aromatic nitrogens is 4. The molecule has 0 aliphatic heterocycles. The Labute approximate surface area is 152 Å². The Hall–Kier alpha value is -3.22. The van der Waals surface area contributed by atoms with Crippen LogP contribution in [0.2, 0.25) is 0 Å². The molecule has 3 aromatic heterocycles. The van der Waals surface area contributed by atoms with Gasteiger partial charge in [-0.05, 0) is 43.7 Å². The van der Waals surface area contributed by atoms with Crippen molar-refractivity contribution in [3.05, 3.63) is 66.2 Å². The third-order valence-corrected chi connectivity index (χ3v) is 4.10. The molecular weight excluding hydrogens is 328 g/mol. The standard InChI is InChI=1S/C19H22N6O/c1-3-24(4-2)17-9-7-16(14-21-17)19(26)22-13-15-6-8-18(20-12-15)25-11-5-10-23-25/h5-12,14H,3-4,13H2,1-2H3,(H,22,26). The lowest BCUT2D eigenvalue weighted by Gasteiger charge is -2.19. The molecule has 1 N–H and O–H groups in total. The molecule has 0 aromatic carbocycles. The number of anilines is 1. The highest BCUT2D eigenvalue weighted by Gasteiger charge is 2.08. The lowest BCUT2D eigenvalue weighted by molar-refractivity contribution is 0.0950. The zero-order valence-corrected chi connectivity index (χ0v) is 15.0. The van der Waals surface area contributed by atoms with Crippen LogP contribution < -0.4 is 10.2 Å². The Morgan fingerprint density at radius 1 is 1.12 bits per heavy atom. The molecule has 0 unspecified atom stereocenters. The molecule has 7 heteroatoms. The molecule has 0 fully saturated rings. The van der Waals surface area contributed by atoms with Gasteiger partial charge in [-0.2, -0.15) is 5.10 Å². The fourth-order valence-corrected chi connectivity index (χ4v) is 2.60. The van der Waals surface area contributed by atoms with E-state index in [1.165, 1.54) is 0 Å². The van der Waals surface area contributed by atoms with E-state index in [1.54, 1.807) is 29.3 Å². The maximum Gasteiger partial charge on any atom is 0.253 e. The van der Waals surface area contributed by atoms with E-state index >= 15 is 0 Å². The van der Waals surface area contributed by atoms with Crippen molar-refractivity contribution in [1.82, 2.24) is 25.1 Å². The zero-order chi connectivity index (χ0) is 18.4. The zero-order valence-electron chi connectivity index (χ0n) is 15.0. The number of carbonyl (C=O) groups is 1. The van der Waals surface area contributed by atoms with Crippen LogP contribution in [0.1, 0.15) is 29.8 Å². The SMILES string of the molecule is CCN(CC)c1ccc(C(=O)NCc2ccc(-n3cccn3)nc2)cn1. The van der Waals surface area contributed by atoms with Crippen molar-refractivity contribution < 1.29 is 4.79 Å². The summed E-state index contributed by atoms with van der Waals surface area (Å²) in [7, 11) is 0. The number of amides is 1. The van der Waals surface area contributed by atoms with E-state index in [2.05, 4.69) is 39.1 Å². The molecule has 3 aromatic rings. The van der Waals surface area contributed by atoms with E-state index < -0.39 is 0 Å². The van der Waals surface area contributed by atoms with Gasteiger partial charge in [0.2, 0.25) is 0 Å².